The van der Waals surface area contributed by atoms with Crippen LogP contribution in [0.5, 0.6) is 11.8 Å². The van der Waals surface area contributed by atoms with Crippen LogP contribution in [0.15, 0.2) is 39.5 Å². The summed E-state index contributed by atoms with van der Waals surface area (Å²) in [5, 5.41) is 11.3. The van der Waals surface area contributed by atoms with Crippen LogP contribution < -0.4 is 15.3 Å². The van der Waals surface area contributed by atoms with Gasteiger partial charge < -0.3 is 23.9 Å². The van der Waals surface area contributed by atoms with Gasteiger partial charge in [0.1, 0.15) is 42.2 Å². The van der Waals surface area contributed by atoms with E-state index in [1.807, 2.05) is 4.90 Å². The Bertz CT molecular complexity index is 1720. The highest BCUT2D eigenvalue weighted by molar-refractivity contribution is 6.00. The molecule has 0 unspecified atom stereocenters. The molecule has 3 aliphatic rings. The van der Waals surface area contributed by atoms with Gasteiger partial charge in [0.15, 0.2) is 5.82 Å². The van der Waals surface area contributed by atoms with E-state index in [2.05, 4.69) is 14.9 Å². The fourth-order valence-electron chi connectivity index (χ4n) is 6.72. The predicted octanol–water partition coefficient (Wildman–Crippen LogP) is 4.70. The Labute approximate surface area is 234 Å². The van der Waals surface area contributed by atoms with Gasteiger partial charge in [-0.25, -0.2) is 13.6 Å². The normalized spacial score (nSPS) is 23.0. The summed E-state index contributed by atoms with van der Waals surface area (Å²) in [7, 11) is 0. The third-order valence-electron chi connectivity index (χ3n) is 8.61. The number of phenolic OH excluding ortho intramolecular Hbond substituents is 1. The lowest BCUT2D eigenvalue weighted by Gasteiger charge is -2.31. The number of aromatic nitrogens is 2. The molecule has 9 nitrogen and oxygen atoms in total. The zero-order valence-corrected chi connectivity index (χ0v) is 22.7. The minimum absolute atomic E-state index is 0.0632. The molecule has 0 radical (unpaired) electrons. The van der Waals surface area contributed by atoms with E-state index in [-0.39, 0.29) is 47.2 Å². The molecule has 3 saturated heterocycles. The van der Waals surface area contributed by atoms with E-state index in [1.165, 1.54) is 18.2 Å². The van der Waals surface area contributed by atoms with Crippen molar-refractivity contribution in [1.82, 2.24) is 14.9 Å². The number of ether oxygens (including phenoxy) is 2. The molecule has 3 fully saturated rings. The molecule has 41 heavy (non-hydrogen) atoms. The van der Waals surface area contributed by atoms with Crippen molar-refractivity contribution < 1.29 is 27.8 Å². The second kappa shape index (κ2) is 9.92. The molecule has 2 aromatic heterocycles. The molecule has 3 aliphatic heterocycles. The SMILES string of the molecule is Cc1c(-c2cc(O)cc3cccc(F)c23)oc(=O)c2c(N3CCCOC3)nc(OC[C@@]34CCCN3C[C@H](F)C4)nc12. The summed E-state index contributed by atoms with van der Waals surface area (Å²) in [5.41, 5.74) is -0.104. The Kier molecular flexibility index (Phi) is 6.31. The molecule has 7 rings (SSSR count). The van der Waals surface area contributed by atoms with E-state index >= 15 is 4.39 Å². The minimum Gasteiger partial charge on any atom is -0.508 e. The number of hydrogen-bond acceptors (Lipinski definition) is 9. The molecule has 4 aromatic rings. The Morgan fingerprint density at radius 2 is 2.07 bits per heavy atom. The van der Waals surface area contributed by atoms with Crippen LogP contribution in [0.4, 0.5) is 14.6 Å². The highest BCUT2D eigenvalue weighted by Gasteiger charge is 2.49. The summed E-state index contributed by atoms with van der Waals surface area (Å²) in [4.78, 5) is 26.9. The molecule has 2 aromatic carbocycles. The van der Waals surface area contributed by atoms with Crippen molar-refractivity contribution in [2.45, 2.75) is 44.3 Å². The molecule has 2 atom stereocenters. The van der Waals surface area contributed by atoms with Gasteiger partial charge in [-0.2, -0.15) is 9.97 Å². The third-order valence-corrected chi connectivity index (χ3v) is 8.61. The van der Waals surface area contributed by atoms with Crippen molar-refractivity contribution in [2.24, 2.45) is 0 Å². The van der Waals surface area contributed by atoms with E-state index in [1.54, 1.807) is 19.1 Å². The van der Waals surface area contributed by atoms with Gasteiger partial charge in [0.05, 0.1) is 17.7 Å². The molecular weight excluding hydrogens is 534 g/mol. The number of hydrogen-bond donors (Lipinski definition) is 1. The van der Waals surface area contributed by atoms with Crippen LogP contribution in [0.1, 0.15) is 31.2 Å². The average molecular weight is 565 g/mol. The summed E-state index contributed by atoms with van der Waals surface area (Å²) < 4.78 is 47.1. The Balaban J connectivity index is 1.39. The van der Waals surface area contributed by atoms with Crippen molar-refractivity contribution in [3.8, 4) is 23.1 Å². The van der Waals surface area contributed by atoms with Gasteiger partial charge >= 0.3 is 11.6 Å². The van der Waals surface area contributed by atoms with Gasteiger partial charge in [0.2, 0.25) is 0 Å². The van der Waals surface area contributed by atoms with Crippen LogP contribution in [-0.2, 0) is 4.74 Å². The van der Waals surface area contributed by atoms with Crippen molar-refractivity contribution in [1.29, 1.82) is 0 Å². The summed E-state index contributed by atoms with van der Waals surface area (Å²) >= 11 is 0. The molecule has 0 amide bonds. The molecule has 0 spiro atoms. The summed E-state index contributed by atoms with van der Waals surface area (Å²) in [5.74, 6) is -0.187. The fourth-order valence-corrected chi connectivity index (χ4v) is 6.72. The second-order valence-electron chi connectivity index (χ2n) is 11.2. The van der Waals surface area contributed by atoms with E-state index in [4.69, 9.17) is 13.9 Å². The Hall–Kier alpha value is -3.83. The van der Waals surface area contributed by atoms with Crippen molar-refractivity contribution in [3.63, 3.8) is 0 Å². The van der Waals surface area contributed by atoms with E-state index < -0.39 is 23.2 Å². The summed E-state index contributed by atoms with van der Waals surface area (Å²) in [6.07, 6.45) is 2.05. The van der Waals surface area contributed by atoms with Gasteiger partial charge in [0.25, 0.3) is 0 Å². The van der Waals surface area contributed by atoms with Gasteiger partial charge in [-0.3, -0.25) is 4.90 Å². The van der Waals surface area contributed by atoms with Crippen LogP contribution in [0.2, 0.25) is 0 Å². The largest absolute Gasteiger partial charge is 0.508 e. The summed E-state index contributed by atoms with van der Waals surface area (Å²) in [6, 6.07) is 7.44. The maximum absolute atomic E-state index is 15.1. The topological polar surface area (TPSA) is 101 Å². The van der Waals surface area contributed by atoms with E-state index in [0.717, 1.165) is 25.8 Å². The molecular formula is C30H30F2N4O5. The molecule has 11 heteroatoms. The zero-order chi connectivity index (χ0) is 28.3. The third kappa shape index (κ3) is 4.38. The minimum atomic E-state index is -0.899. The van der Waals surface area contributed by atoms with Gasteiger partial charge in [0, 0.05) is 36.0 Å². The maximum Gasteiger partial charge on any atom is 0.349 e. The van der Waals surface area contributed by atoms with Gasteiger partial charge in [-0.1, -0.05) is 12.1 Å². The number of aryl methyl sites for hydroxylation is 1. The number of benzene rings is 2. The highest BCUT2D eigenvalue weighted by atomic mass is 19.1. The number of nitrogens with zero attached hydrogens (tertiary/aromatic N) is 4. The Morgan fingerprint density at radius 3 is 2.90 bits per heavy atom. The summed E-state index contributed by atoms with van der Waals surface area (Å²) in [6.45, 7) is 4.62. The zero-order valence-electron chi connectivity index (χ0n) is 22.7. The van der Waals surface area contributed by atoms with Crippen molar-refractivity contribution >= 4 is 27.5 Å². The number of anilines is 1. The first-order chi connectivity index (χ1) is 19.8. The fraction of sp³-hybridized carbons (Fsp3) is 0.433. The van der Waals surface area contributed by atoms with E-state index in [0.29, 0.717) is 48.4 Å². The average Bonchev–Trinajstić information content (AvgIpc) is 3.49. The number of alkyl halides is 1. The molecule has 5 heterocycles. The molecule has 214 valence electrons. The number of phenols is 1. The van der Waals surface area contributed by atoms with Crippen molar-refractivity contribution in [3.05, 3.63) is 52.1 Å². The number of aromatic hydroxyl groups is 1. The van der Waals surface area contributed by atoms with Crippen LogP contribution in [0, 0.1) is 12.7 Å². The lowest BCUT2D eigenvalue weighted by Crippen LogP contribution is -2.43. The number of rotatable bonds is 5. The monoisotopic (exact) mass is 564 g/mol. The lowest BCUT2D eigenvalue weighted by molar-refractivity contribution is 0.103. The first-order valence-corrected chi connectivity index (χ1v) is 13.9. The first kappa shape index (κ1) is 26.1. The van der Waals surface area contributed by atoms with Gasteiger partial charge in [-0.15, -0.1) is 0 Å². The Morgan fingerprint density at radius 1 is 1.20 bits per heavy atom. The number of halogens is 2. The van der Waals surface area contributed by atoms with E-state index in [9.17, 15) is 14.3 Å². The van der Waals surface area contributed by atoms with Crippen LogP contribution in [-0.4, -0.2) is 71.3 Å². The quantitative estimate of drug-likeness (QED) is 0.370. The molecule has 1 N–H and O–H groups in total. The smallest absolute Gasteiger partial charge is 0.349 e. The number of fused-ring (bicyclic) bond motifs is 3. The first-order valence-electron chi connectivity index (χ1n) is 13.9. The van der Waals surface area contributed by atoms with Gasteiger partial charge in [-0.05, 0) is 56.3 Å². The van der Waals surface area contributed by atoms with Crippen molar-refractivity contribution in [2.75, 3.05) is 44.5 Å². The highest BCUT2D eigenvalue weighted by Crippen LogP contribution is 2.41. The van der Waals surface area contributed by atoms with Crippen LogP contribution in [0.3, 0.4) is 0 Å². The second-order valence-corrected chi connectivity index (χ2v) is 11.2. The maximum atomic E-state index is 15.1. The van der Waals surface area contributed by atoms with Crippen LogP contribution in [0.25, 0.3) is 33.0 Å². The standard InChI is InChI=1S/C30H30F2N4O5/c1-17-25-24(28(38)41-26(17)21-12-20(37)11-18-5-2-6-22(32)23(18)21)27(35-8-4-10-39-16-35)34-29(33-25)40-15-30-7-3-9-36(30)14-19(31)13-30/h2,5-6,11-12,19,37H,3-4,7-10,13-16H2,1H3/t19-,30+/m1/s1. The lowest BCUT2D eigenvalue weighted by atomic mass is 9.95. The predicted molar refractivity (Wildman–Crippen MR) is 149 cm³/mol. The molecule has 0 bridgehead atoms. The van der Waals surface area contributed by atoms with Crippen LogP contribution >= 0.6 is 0 Å². The molecule has 0 aliphatic carbocycles. The molecule has 0 saturated carbocycles.